The lowest BCUT2D eigenvalue weighted by atomic mass is 9.77. The van der Waals surface area contributed by atoms with Gasteiger partial charge >= 0.3 is 0 Å². The summed E-state index contributed by atoms with van der Waals surface area (Å²) in [4.78, 5) is 15.5. The molecule has 3 N–H and O–H groups in total. The van der Waals surface area contributed by atoms with Gasteiger partial charge in [-0.1, -0.05) is 0 Å². The molecule has 0 aliphatic heterocycles. The van der Waals surface area contributed by atoms with E-state index in [4.69, 9.17) is 5.73 Å². The number of nitrogens with one attached hydrogen (secondary N) is 1. The van der Waals surface area contributed by atoms with E-state index in [1.54, 1.807) is 24.5 Å². The quantitative estimate of drug-likeness (QED) is 0.729. The van der Waals surface area contributed by atoms with E-state index in [2.05, 4.69) is 10.3 Å². The summed E-state index contributed by atoms with van der Waals surface area (Å²) in [5.74, 6) is -0.0880. The van der Waals surface area contributed by atoms with Crippen molar-refractivity contribution in [1.82, 2.24) is 4.98 Å². The van der Waals surface area contributed by atoms with Gasteiger partial charge in [0.25, 0.3) is 0 Å². The molecule has 1 aromatic rings. The van der Waals surface area contributed by atoms with E-state index in [1.165, 1.54) is 0 Å². The zero-order valence-corrected chi connectivity index (χ0v) is 7.86. The van der Waals surface area contributed by atoms with Gasteiger partial charge in [-0.3, -0.25) is 9.78 Å². The Balaban J connectivity index is 2.02. The van der Waals surface area contributed by atoms with Crippen molar-refractivity contribution in [1.29, 1.82) is 0 Å². The van der Waals surface area contributed by atoms with E-state index in [0.29, 0.717) is 0 Å². The van der Waals surface area contributed by atoms with Crippen LogP contribution in [0.15, 0.2) is 24.5 Å². The van der Waals surface area contributed by atoms with Crippen LogP contribution in [0.1, 0.15) is 19.3 Å². The molecular formula is C10H13N3O. The Morgan fingerprint density at radius 3 is 2.57 bits per heavy atom. The molecule has 1 aliphatic carbocycles. The van der Waals surface area contributed by atoms with E-state index in [1.807, 2.05) is 0 Å². The van der Waals surface area contributed by atoms with Crippen molar-refractivity contribution in [3.8, 4) is 0 Å². The number of amides is 1. The highest BCUT2D eigenvalue weighted by Crippen LogP contribution is 2.30. The first kappa shape index (κ1) is 9.15. The predicted molar refractivity (Wildman–Crippen MR) is 53.6 cm³/mol. The fourth-order valence-corrected chi connectivity index (χ4v) is 1.48. The summed E-state index contributed by atoms with van der Waals surface area (Å²) < 4.78 is 0. The zero-order valence-electron chi connectivity index (χ0n) is 7.86. The van der Waals surface area contributed by atoms with Gasteiger partial charge in [-0.15, -0.1) is 0 Å². The van der Waals surface area contributed by atoms with Crippen molar-refractivity contribution in [2.24, 2.45) is 5.73 Å². The maximum Gasteiger partial charge on any atom is 0.244 e. The zero-order chi connectivity index (χ0) is 10.0. The van der Waals surface area contributed by atoms with Crippen LogP contribution in [-0.2, 0) is 4.79 Å². The third-order valence-electron chi connectivity index (χ3n) is 2.64. The van der Waals surface area contributed by atoms with Gasteiger partial charge in [-0.05, 0) is 31.4 Å². The van der Waals surface area contributed by atoms with Crippen molar-refractivity contribution >= 4 is 11.6 Å². The highest BCUT2D eigenvalue weighted by Gasteiger charge is 2.39. The summed E-state index contributed by atoms with van der Waals surface area (Å²) in [6.07, 6.45) is 5.88. The number of pyridine rings is 1. The minimum atomic E-state index is -0.636. The monoisotopic (exact) mass is 191 g/mol. The molecule has 1 heterocycles. The number of hydrogen-bond acceptors (Lipinski definition) is 3. The first-order valence-electron chi connectivity index (χ1n) is 4.71. The van der Waals surface area contributed by atoms with Crippen molar-refractivity contribution in [2.75, 3.05) is 5.32 Å². The van der Waals surface area contributed by atoms with Crippen LogP contribution < -0.4 is 11.1 Å². The number of aromatic nitrogens is 1. The predicted octanol–water partition coefficient (Wildman–Crippen LogP) is 0.901. The number of hydrogen-bond donors (Lipinski definition) is 2. The topological polar surface area (TPSA) is 68.0 Å². The van der Waals surface area contributed by atoms with Crippen molar-refractivity contribution < 1.29 is 4.79 Å². The summed E-state index contributed by atoms with van der Waals surface area (Å²) in [5, 5.41) is 2.78. The number of nitrogens with zero attached hydrogens (tertiary/aromatic N) is 1. The third kappa shape index (κ3) is 1.61. The molecule has 2 rings (SSSR count). The van der Waals surface area contributed by atoms with E-state index < -0.39 is 5.54 Å². The molecule has 14 heavy (non-hydrogen) atoms. The Morgan fingerprint density at radius 1 is 1.43 bits per heavy atom. The van der Waals surface area contributed by atoms with Gasteiger partial charge in [0.15, 0.2) is 0 Å². The molecule has 0 bridgehead atoms. The molecule has 0 saturated heterocycles. The van der Waals surface area contributed by atoms with Crippen LogP contribution in [0.25, 0.3) is 0 Å². The largest absolute Gasteiger partial charge is 0.324 e. The van der Waals surface area contributed by atoms with Gasteiger partial charge in [-0.2, -0.15) is 0 Å². The minimum Gasteiger partial charge on any atom is -0.324 e. The lowest BCUT2D eigenvalue weighted by molar-refractivity contribution is -0.123. The van der Waals surface area contributed by atoms with Gasteiger partial charge in [-0.25, -0.2) is 0 Å². The van der Waals surface area contributed by atoms with Crippen LogP contribution in [0.2, 0.25) is 0 Å². The molecule has 1 fully saturated rings. The van der Waals surface area contributed by atoms with Crippen LogP contribution in [0.5, 0.6) is 0 Å². The van der Waals surface area contributed by atoms with Gasteiger partial charge < -0.3 is 11.1 Å². The lowest BCUT2D eigenvalue weighted by Gasteiger charge is -2.36. The SMILES string of the molecule is NC1(C(=O)Nc2ccncc2)CCC1. The van der Waals surface area contributed by atoms with Gasteiger partial charge in [0.2, 0.25) is 5.91 Å². The summed E-state index contributed by atoms with van der Waals surface area (Å²) >= 11 is 0. The van der Waals surface area contributed by atoms with Gasteiger partial charge in [0.1, 0.15) is 0 Å². The number of carbonyl (C=O) groups excluding carboxylic acids is 1. The molecule has 1 aliphatic rings. The van der Waals surface area contributed by atoms with E-state index in [9.17, 15) is 4.79 Å². The molecule has 1 aromatic heterocycles. The molecule has 0 atom stereocenters. The summed E-state index contributed by atoms with van der Waals surface area (Å²) in [6.45, 7) is 0. The first-order chi connectivity index (χ1) is 6.71. The molecule has 0 unspecified atom stereocenters. The van der Waals surface area contributed by atoms with Crippen LogP contribution in [0.4, 0.5) is 5.69 Å². The molecule has 1 saturated carbocycles. The smallest absolute Gasteiger partial charge is 0.244 e. The number of carbonyl (C=O) groups is 1. The molecule has 0 spiro atoms. The molecule has 4 heteroatoms. The summed E-state index contributed by atoms with van der Waals surface area (Å²) in [5.41, 5.74) is 5.98. The normalized spacial score (nSPS) is 18.4. The molecule has 4 nitrogen and oxygen atoms in total. The Kier molecular flexibility index (Phi) is 2.21. The lowest BCUT2D eigenvalue weighted by Crippen LogP contribution is -2.56. The summed E-state index contributed by atoms with van der Waals surface area (Å²) in [6, 6.07) is 3.50. The van der Waals surface area contributed by atoms with E-state index in [0.717, 1.165) is 24.9 Å². The number of nitrogens with two attached hydrogens (primary N) is 1. The Morgan fingerprint density at radius 2 is 2.07 bits per heavy atom. The Hall–Kier alpha value is -1.42. The second-order valence-corrected chi connectivity index (χ2v) is 3.70. The molecule has 0 radical (unpaired) electrons. The molecule has 74 valence electrons. The number of rotatable bonds is 2. The van der Waals surface area contributed by atoms with Gasteiger partial charge in [0, 0.05) is 18.1 Å². The van der Waals surface area contributed by atoms with Crippen LogP contribution >= 0.6 is 0 Å². The van der Waals surface area contributed by atoms with Gasteiger partial charge in [0.05, 0.1) is 5.54 Å². The van der Waals surface area contributed by atoms with Crippen molar-refractivity contribution in [2.45, 2.75) is 24.8 Å². The van der Waals surface area contributed by atoms with Crippen molar-refractivity contribution in [3.05, 3.63) is 24.5 Å². The second-order valence-electron chi connectivity index (χ2n) is 3.70. The van der Waals surface area contributed by atoms with Crippen molar-refractivity contribution in [3.63, 3.8) is 0 Å². The third-order valence-corrected chi connectivity index (χ3v) is 2.64. The van der Waals surface area contributed by atoms with Crippen LogP contribution in [-0.4, -0.2) is 16.4 Å². The van der Waals surface area contributed by atoms with E-state index in [-0.39, 0.29) is 5.91 Å². The molecule has 1 amide bonds. The van der Waals surface area contributed by atoms with Crippen LogP contribution in [0, 0.1) is 0 Å². The standard InChI is InChI=1S/C10H13N3O/c11-10(4-1-5-10)9(14)13-8-2-6-12-7-3-8/h2-3,6-7H,1,4-5,11H2,(H,12,13,14). The minimum absolute atomic E-state index is 0.0880. The Labute approximate surface area is 82.5 Å². The number of anilines is 1. The average molecular weight is 191 g/mol. The Bertz CT molecular complexity index is 332. The second kappa shape index (κ2) is 3.38. The average Bonchev–Trinajstić information content (AvgIpc) is 2.15. The highest BCUT2D eigenvalue weighted by atomic mass is 16.2. The fourth-order valence-electron chi connectivity index (χ4n) is 1.48. The van der Waals surface area contributed by atoms with E-state index >= 15 is 0 Å². The highest BCUT2D eigenvalue weighted by molar-refractivity contribution is 5.98. The molecular weight excluding hydrogens is 178 g/mol. The summed E-state index contributed by atoms with van der Waals surface area (Å²) in [7, 11) is 0. The maximum atomic E-state index is 11.7. The maximum absolute atomic E-state index is 11.7. The first-order valence-corrected chi connectivity index (χ1v) is 4.71. The fraction of sp³-hybridized carbons (Fsp3) is 0.400. The van der Waals surface area contributed by atoms with Crippen LogP contribution in [0.3, 0.4) is 0 Å². The molecule has 0 aromatic carbocycles.